The maximum atomic E-state index is 9.63. The van der Waals surface area contributed by atoms with Crippen molar-refractivity contribution in [2.45, 2.75) is 30.9 Å². The van der Waals surface area contributed by atoms with Crippen LogP contribution in [0.25, 0.3) is 0 Å². The van der Waals surface area contributed by atoms with E-state index in [1.807, 2.05) is 30.3 Å². The van der Waals surface area contributed by atoms with Crippen LogP contribution in [0.3, 0.4) is 0 Å². The van der Waals surface area contributed by atoms with E-state index in [9.17, 15) is 5.11 Å². The Labute approximate surface area is 98.5 Å². The molecule has 5 nitrogen and oxygen atoms in total. The summed E-state index contributed by atoms with van der Waals surface area (Å²) in [7, 11) is 0. The van der Waals surface area contributed by atoms with Crippen LogP contribution < -0.4 is 0 Å². The second-order valence-electron chi connectivity index (χ2n) is 4.19. The first kappa shape index (κ1) is 11.1. The van der Waals surface area contributed by atoms with Crippen molar-refractivity contribution in [1.29, 1.82) is 0 Å². The second kappa shape index (κ2) is 4.36. The summed E-state index contributed by atoms with van der Waals surface area (Å²) in [6.07, 6.45) is -3.01. The molecule has 1 aromatic rings. The Hall–Kier alpha value is -0.980. The fraction of sp³-hybridized carbons (Fsp3) is 0.500. The van der Waals surface area contributed by atoms with Gasteiger partial charge >= 0.3 is 0 Å². The third-order valence-corrected chi connectivity index (χ3v) is 3.10. The van der Waals surface area contributed by atoms with Crippen molar-refractivity contribution in [3.05, 3.63) is 35.9 Å². The monoisotopic (exact) mass is 238 g/mol. The first-order valence-electron chi connectivity index (χ1n) is 5.60. The van der Waals surface area contributed by atoms with Gasteiger partial charge in [0, 0.05) is 5.56 Å². The van der Waals surface area contributed by atoms with Crippen molar-refractivity contribution < 1.29 is 24.4 Å². The molecule has 0 radical (unpaired) electrons. The Bertz CT molecular complexity index is 382. The minimum absolute atomic E-state index is 0.191. The van der Waals surface area contributed by atoms with Gasteiger partial charge in [-0.05, 0) is 0 Å². The third kappa shape index (κ3) is 1.86. The first-order valence-corrected chi connectivity index (χ1v) is 5.60. The molecule has 17 heavy (non-hydrogen) atoms. The van der Waals surface area contributed by atoms with E-state index >= 15 is 0 Å². The molecule has 2 N–H and O–H groups in total. The van der Waals surface area contributed by atoms with Gasteiger partial charge in [0.1, 0.15) is 18.3 Å². The highest BCUT2D eigenvalue weighted by atomic mass is 16.8. The van der Waals surface area contributed by atoms with Gasteiger partial charge < -0.3 is 24.4 Å². The van der Waals surface area contributed by atoms with Crippen LogP contribution in [0.4, 0.5) is 0 Å². The molecular weight excluding hydrogens is 224 g/mol. The fourth-order valence-corrected chi connectivity index (χ4v) is 2.25. The van der Waals surface area contributed by atoms with Crippen LogP contribution in [0.2, 0.25) is 0 Å². The molecule has 5 atom stereocenters. The maximum absolute atomic E-state index is 9.63. The van der Waals surface area contributed by atoms with Gasteiger partial charge in [-0.25, -0.2) is 0 Å². The summed E-state index contributed by atoms with van der Waals surface area (Å²) < 4.78 is 16.4. The summed E-state index contributed by atoms with van der Waals surface area (Å²) in [5, 5.41) is 18.7. The molecule has 2 aliphatic heterocycles. The van der Waals surface area contributed by atoms with E-state index in [1.165, 1.54) is 0 Å². The molecule has 0 amide bonds. The summed E-state index contributed by atoms with van der Waals surface area (Å²) >= 11 is 0. The number of fused-ring (bicyclic) bond motifs is 1. The molecule has 0 aromatic heterocycles. The first-order chi connectivity index (χ1) is 8.29. The van der Waals surface area contributed by atoms with Gasteiger partial charge in [0.05, 0.1) is 6.61 Å². The lowest BCUT2D eigenvalue weighted by molar-refractivity contribution is -0.190. The number of ether oxygens (including phenoxy) is 3. The lowest BCUT2D eigenvalue weighted by atomic mass is 10.1. The van der Waals surface area contributed by atoms with Crippen LogP contribution in [0, 0.1) is 0 Å². The Morgan fingerprint density at radius 2 is 1.71 bits per heavy atom. The number of aliphatic hydroxyl groups is 2. The number of benzene rings is 1. The van der Waals surface area contributed by atoms with Crippen LogP contribution in [0.1, 0.15) is 11.9 Å². The summed E-state index contributed by atoms with van der Waals surface area (Å²) in [4.78, 5) is 0. The highest BCUT2D eigenvalue weighted by Gasteiger charge is 2.52. The number of hydrogen-bond acceptors (Lipinski definition) is 5. The summed E-state index contributed by atoms with van der Waals surface area (Å²) in [6, 6.07) is 9.49. The van der Waals surface area contributed by atoms with E-state index in [0.717, 1.165) is 5.56 Å². The molecule has 92 valence electrons. The molecule has 2 heterocycles. The van der Waals surface area contributed by atoms with E-state index in [-0.39, 0.29) is 6.61 Å². The van der Waals surface area contributed by atoms with Gasteiger partial charge in [-0.3, -0.25) is 0 Å². The van der Waals surface area contributed by atoms with Gasteiger partial charge in [0.2, 0.25) is 0 Å². The molecule has 2 fully saturated rings. The molecule has 0 aliphatic carbocycles. The average Bonchev–Trinajstić information content (AvgIpc) is 2.92. The Kier molecular flexibility index (Phi) is 2.85. The topological polar surface area (TPSA) is 68.2 Å². The third-order valence-electron chi connectivity index (χ3n) is 3.10. The predicted molar refractivity (Wildman–Crippen MR) is 56.9 cm³/mol. The van der Waals surface area contributed by atoms with E-state index in [4.69, 9.17) is 19.3 Å². The van der Waals surface area contributed by atoms with Gasteiger partial charge in [0.25, 0.3) is 0 Å². The average molecular weight is 238 g/mol. The molecule has 2 aliphatic rings. The normalized spacial score (nSPS) is 40.5. The molecule has 1 aromatic carbocycles. The molecule has 5 heteroatoms. The standard InChI is InChI=1S/C12H14O5/c13-6-8-9-10(11(14)15-8)17-12(16-9)7-4-2-1-3-5-7/h1-5,8-14H,6H2/t8-,9-,10-,11-,12?/m1/s1. The Balaban J connectivity index is 1.78. The molecule has 0 saturated carbocycles. The van der Waals surface area contributed by atoms with E-state index < -0.39 is 30.9 Å². The lowest BCUT2D eigenvalue weighted by Gasteiger charge is -2.16. The van der Waals surface area contributed by atoms with E-state index in [0.29, 0.717) is 0 Å². The minimum Gasteiger partial charge on any atom is -0.394 e. The van der Waals surface area contributed by atoms with Crippen LogP contribution in [0.5, 0.6) is 0 Å². The Morgan fingerprint density at radius 3 is 2.41 bits per heavy atom. The van der Waals surface area contributed by atoms with Crippen molar-refractivity contribution in [2.75, 3.05) is 6.61 Å². The zero-order valence-corrected chi connectivity index (χ0v) is 9.10. The number of hydrogen-bond donors (Lipinski definition) is 2. The molecule has 0 bridgehead atoms. The highest BCUT2D eigenvalue weighted by Crippen LogP contribution is 2.39. The van der Waals surface area contributed by atoms with Crippen molar-refractivity contribution in [3.63, 3.8) is 0 Å². The van der Waals surface area contributed by atoms with E-state index in [1.54, 1.807) is 0 Å². The molecule has 2 saturated heterocycles. The fourth-order valence-electron chi connectivity index (χ4n) is 2.25. The van der Waals surface area contributed by atoms with Crippen LogP contribution >= 0.6 is 0 Å². The number of rotatable bonds is 2. The van der Waals surface area contributed by atoms with Crippen molar-refractivity contribution in [1.82, 2.24) is 0 Å². The summed E-state index contributed by atoms with van der Waals surface area (Å²) in [6.45, 7) is -0.191. The SMILES string of the molecule is OC[C@H]1O[C@@H](O)[C@@H]2OC(c3ccccc3)O[C@@H]21. The summed E-state index contributed by atoms with van der Waals surface area (Å²) in [5.41, 5.74) is 0.894. The van der Waals surface area contributed by atoms with E-state index in [2.05, 4.69) is 0 Å². The molecular formula is C12H14O5. The highest BCUT2D eigenvalue weighted by molar-refractivity contribution is 5.17. The minimum atomic E-state index is -1.04. The van der Waals surface area contributed by atoms with Crippen molar-refractivity contribution in [2.24, 2.45) is 0 Å². The summed E-state index contributed by atoms with van der Waals surface area (Å²) in [5.74, 6) is 0. The number of aliphatic hydroxyl groups excluding tert-OH is 2. The molecule has 1 unspecified atom stereocenters. The van der Waals surface area contributed by atoms with Crippen LogP contribution in [-0.4, -0.2) is 41.4 Å². The van der Waals surface area contributed by atoms with Gasteiger partial charge in [-0.1, -0.05) is 30.3 Å². The van der Waals surface area contributed by atoms with Crippen LogP contribution in [0.15, 0.2) is 30.3 Å². The zero-order chi connectivity index (χ0) is 11.8. The van der Waals surface area contributed by atoms with Crippen LogP contribution in [-0.2, 0) is 14.2 Å². The van der Waals surface area contributed by atoms with Gasteiger partial charge in [-0.2, -0.15) is 0 Å². The van der Waals surface area contributed by atoms with Crippen molar-refractivity contribution in [3.8, 4) is 0 Å². The van der Waals surface area contributed by atoms with Gasteiger partial charge in [-0.15, -0.1) is 0 Å². The van der Waals surface area contributed by atoms with Crippen molar-refractivity contribution >= 4 is 0 Å². The second-order valence-corrected chi connectivity index (χ2v) is 4.19. The quantitative estimate of drug-likeness (QED) is 0.769. The molecule has 3 rings (SSSR count). The predicted octanol–water partition coefficient (Wildman–Crippen LogP) is 0.179. The lowest BCUT2D eigenvalue weighted by Crippen LogP contribution is -2.31. The van der Waals surface area contributed by atoms with Gasteiger partial charge in [0.15, 0.2) is 12.6 Å². The molecule has 0 spiro atoms. The zero-order valence-electron chi connectivity index (χ0n) is 9.10. The Morgan fingerprint density at radius 1 is 1.00 bits per heavy atom. The smallest absolute Gasteiger partial charge is 0.185 e. The maximum Gasteiger partial charge on any atom is 0.185 e. The largest absolute Gasteiger partial charge is 0.394 e.